The largest absolute Gasteiger partial charge is 0.464 e. The first-order chi connectivity index (χ1) is 8.74. The molecule has 0 aliphatic carbocycles. The van der Waals surface area contributed by atoms with Gasteiger partial charge in [-0.2, -0.15) is 0 Å². The molecule has 2 aromatic heterocycles. The molecule has 0 spiro atoms. The number of hydrogen-bond acceptors (Lipinski definition) is 4. The summed E-state index contributed by atoms with van der Waals surface area (Å²) in [5.74, 6) is 1.16. The van der Waals surface area contributed by atoms with Crippen LogP contribution < -0.4 is 11.5 Å². The molecule has 0 saturated carbocycles. The van der Waals surface area contributed by atoms with Gasteiger partial charge in [0.25, 0.3) is 0 Å². The van der Waals surface area contributed by atoms with E-state index in [0.717, 1.165) is 17.1 Å². The van der Waals surface area contributed by atoms with E-state index >= 15 is 0 Å². The Labute approximate surface area is 102 Å². The van der Waals surface area contributed by atoms with E-state index in [9.17, 15) is 4.79 Å². The lowest BCUT2D eigenvalue weighted by Gasteiger charge is -1.98. The summed E-state index contributed by atoms with van der Waals surface area (Å²) in [6.45, 7) is 0.395. The van der Waals surface area contributed by atoms with E-state index in [0.29, 0.717) is 24.1 Å². The Balaban J connectivity index is 1.91. The summed E-state index contributed by atoms with van der Waals surface area (Å²) in [5.41, 5.74) is 7.76. The van der Waals surface area contributed by atoms with Crippen molar-refractivity contribution < 1.29 is 8.83 Å². The highest BCUT2D eigenvalue weighted by atomic mass is 16.4. The Morgan fingerprint density at radius 2 is 1.94 bits per heavy atom. The highest BCUT2D eigenvalue weighted by Gasteiger charge is 2.05. The number of H-pyrrole nitrogens is 1. The molecule has 0 bridgehead atoms. The maximum absolute atomic E-state index is 11.0. The van der Waals surface area contributed by atoms with E-state index in [-0.39, 0.29) is 0 Å². The first-order valence-corrected chi connectivity index (χ1v) is 5.64. The maximum atomic E-state index is 11.0. The minimum Gasteiger partial charge on any atom is -0.464 e. The molecular formula is C13H12N2O3. The van der Waals surface area contributed by atoms with Crippen LogP contribution in [0.5, 0.6) is 0 Å². The predicted molar refractivity (Wildman–Crippen MR) is 66.2 cm³/mol. The third kappa shape index (κ3) is 1.96. The van der Waals surface area contributed by atoms with Crippen LogP contribution in [0.15, 0.2) is 44.0 Å². The van der Waals surface area contributed by atoms with E-state index in [1.165, 1.54) is 0 Å². The van der Waals surface area contributed by atoms with Crippen molar-refractivity contribution in [2.24, 2.45) is 5.73 Å². The van der Waals surface area contributed by atoms with Crippen LogP contribution in [-0.4, -0.2) is 4.98 Å². The summed E-state index contributed by atoms with van der Waals surface area (Å²) in [4.78, 5) is 13.6. The molecule has 3 N–H and O–H groups in total. The smallest absolute Gasteiger partial charge is 0.417 e. The second-order valence-corrected chi connectivity index (χ2v) is 4.09. The molecule has 0 radical (unpaired) electrons. The topological polar surface area (TPSA) is 85.2 Å². The first kappa shape index (κ1) is 10.9. The number of rotatable bonds is 3. The van der Waals surface area contributed by atoms with Gasteiger partial charge in [0.05, 0.1) is 12.1 Å². The molecule has 1 aromatic carbocycles. The molecule has 5 heteroatoms. The third-order valence-electron chi connectivity index (χ3n) is 2.78. The van der Waals surface area contributed by atoms with Crippen LogP contribution in [0.4, 0.5) is 0 Å². The van der Waals surface area contributed by atoms with Gasteiger partial charge < -0.3 is 14.6 Å². The lowest BCUT2D eigenvalue weighted by molar-refractivity contribution is 0.475. The van der Waals surface area contributed by atoms with Crippen molar-refractivity contribution in [1.82, 2.24) is 4.98 Å². The van der Waals surface area contributed by atoms with Crippen LogP contribution in [0.1, 0.15) is 17.1 Å². The lowest BCUT2D eigenvalue weighted by atomic mass is 10.1. The van der Waals surface area contributed by atoms with E-state index in [1.54, 1.807) is 0 Å². The molecule has 0 aliphatic heterocycles. The molecule has 5 nitrogen and oxygen atoms in total. The van der Waals surface area contributed by atoms with Crippen LogP contribution in [0.25, 0.3) is 11.1 Å². The number of nitrogens with one attached hydrogen (secondary N) is 1. The monoisotopic (exact) mass is 244 g/mol. The number of fused-ring (bicyclic) bond motifs is 1. The summed E-state index contributed by atoms with van der Waals surface area (Å²) in [7, 11) is 0. The molecule has 18 heavy (non-hydrogen) atoms. The van der Waals surface area contributed by atoms with E-state index in [1.807, 2.05) is 30.3 Å². The third-order valence-corrected chi connectivity index (χ3v) is 2.78. The van der Waals surface area contributed by atoms with Gasteiger partial charge in [0.1, 0.15) is 11.5 Å². The molecular weight excluding hydrogens is 232 g/mol. The Kier molecular flexibility index (Phi) is 2.53. The average molecular weight is 244 g/mol. The van der Waals surface area contributed by atoms with Crippen LogP contribution in [0.2, 0.25) is 0 Å². The molecule has 0 saturated heterocycles. The van der Waals surface area contributed by atoms with Crippen molar-refractivity contribution in [2.75, 3.05) is 0 Å². The van der Waals surface area contributed by atoms with Crippen molar-refractivity contribution in [1.29, 1.82) is 0 Å². The van der Waals surface area contributed by atoms with Crippen molar-refractivity contribution >= 4 is 11.1 Å². The summed E-state index contributed by atoms with van der Waals surface area (Å²) >= 11 is 0. The average Bonchev–Trinajstić information content (AvgIpc) is 2.94. The normalized spacial score (nSPS) is 11.2. The van der Waals surface area contributed by atoms with Crippen LogP contribution in [0.3, 0.4) is 0 Å². The number of hydrogen-bond donors (Lipinski definition) is 2. The zero-order valence-electron chi connectivity index (χ0n) is 9.60. The number of furan rings is 1. The molecule has 0 fully saturated rings. The molecule has 92 valence electrons. The Bertz CT molecular complexity index is 736. The highest BCUT2D eigenvalue weighted by molar-refractivity contribution is 5.72. The van der Waals surface area contributed by atoms with E-state index in [4.69, 9.17) is 14.6 Å². The Morgan fingerprint density at radius 1 is 1.11 bits per heavy atom. The fourth-order valence-corrected chi connectivity index (χ4v) is 1.93. The quantitative estimate of drug-likeness (QED) is 0.735. The van der Waals surface area contributed by atoms with Crippen molar-refractivity contribution in [3.05, 3.63) is 58.0 Å². The zero-order valence-corrected chi connectivity index (χ0v) is 9.60. The van der Waals surface area contributed by atoms with Crippen molar-refractivity contribution in [3.8, 4) is 0 Å². The fraction of sp³-hybridized carbons (Fsp3) is 0.154. The van der Waals surface area contributed by atoms with Crippen LogP contribution >= 0.6 is 0 Å². The molecule has 0 atom stereocenters. The van der Waals surface area contributed by atoms with Crippen LogP contribution in [0, 0.1) is 0 Å². The fourth-order valence-electron chi connectivity index (χ4n) is 1.93. The summed E-state index contributed by atoms with van der Waals surface area (Å²) < 4.78 is 10.5. The van der Waals surface area contributed by atoms with Crippen LogP contribution in [-0.2, 0) is 13.0 Å². The number of aromatic nitrogens is 1. The minimum atomic E-state index is -0.439. The van der Waals surface area contributed by atoms with E-state index in [2.05, 4.69) is 4.98 Å². The number of oxazole rings is 1. The Morgan fingerprint density at radius 3 is 2.72 bits per heavy atom. The molecule has 0 unspecified atom stereocenters. The molecule has 0 amide bonds. The second kappa shape index (κ2) is 4.19. The highest BCUT2D eigenvalue weighted by Crippen LogP contribution is 2.17. The van der Waals surface area contributed by atoms with Crippen molar-refractivity contribution in [2.45, 2.75) is 13.0 Å². The SMILES string of the molecule is NCc1ccc(Cc2ccc3[nH]c(=O)oc3c2)o1. The van der Waals surface area contributed by atoms with Gasteiger partial charge in [0.15, 0.2) is 5.58 Å². The van der Waals surface area contributed by atoms with Gasteiger partial charge in [0.2, 0.25) is 0 Å². The van der Waals surface area contributed by atoms with Gasteiger partial charge in [0, 0.05) is 6.42 Å². The van der Waals surface area contributed by atoms with Crippen molar-refractivity contribution in [3.63, 3.8) is 0 Å². The van der Waals surface area contributed by atoms with Gasteiger partial charge in [-0.1, -0.05) is 6.07 Å². The molecule has 2 heterocycles. The van der Waals surface area contributed by atoms with Gasteiger partial charge in [-0.25, -0.2) is 4.79 Å². The Hall–Kier alpha value is -2.27. The molecule has 0 aliphatic rings. The molecule has 3 aromatic rings. The zero-order chi connectivity index (χ0) is 12.5. The summed E-state index contributed by atoms with van der Waals surface area (Å²) in [5, 5.41) is 0. The van der Waals surface area contributed by atoms with Gasteiger partial charge >= 0.3 is 5.76 Å². The number of nitrogens with two attached hydrogens (primary N) is 1. The van der Waals surface area contributed by atoms with Gasteiger partial charge in [-0.15, -0.1) is 0 Å². The lowest BCUT2D eigenvalue weighted by Crippen LogP contribution is -1.93. The second-order valence-electron chi connectivity index (χ2n) is 4.09. The van der Waals surface area contributed by atoms with E-state index < -0.39 is 5.76 Å². The number of aromatic amines is 1. The summed E-state index contributed by atoms with van der Waals surface area (Å²) in [6.07, 6.45) is 0.644. The minimum absolute atomic E-state index is 0.395. The first-order valence-electron chi connectivity index (χ1n) is 5.64. The van der Waals surface area contributed by atoms with Gasteiger partial charge in [-0.05, 0) is 29.8 Å². The predicted octanol–water partition coefficient (Wildman–Crippen LogP) is 1.76. The number of benzene rings is 1. The summed E-state index contributed by atoms with van der Waals surface area (Å²) in [6, 6.07) is 9.35. The standard InChI is InChI=1S/C13H12N2O3/c14-7-10-3-2-9(17-10)5-8-1-4-11-12(6-8)18-13(16)15-11/h1-4,6H,5,7,14H2,(H,15,16). The maximum Gasteiger partial charge on any atom is 0.417 e. The van der Waals surface area contributed by atoms with Gasteiger partial charge in [-0.3, -0.25) is 4.98 Å². The molecule has 3 rings (SSSR count).